The Morgan fingerprint density at radius 2 is 1.60 bits per heavy atom. The molecule has 0 spiro atoms. The Morgan fingerprint density at radius 1 is 0.967 bits per heavy atom. The highest BCUT2D eigenvalue weighted by Gasteiger charge is 2.18. The number of hydrogen-bond donors (Lipinski definition) is 1. The lowest BCUT2D eigenvalue weighted by Crippen LogP contribution is -2.31. The second kappa shape index (κ2) is 10.5. The highest BCUT2D eigenvalue weighted by molar-refractivity contribution is 5.93. The largest absolute Gasteiger partial charge is 0.422 e. The monoisotopic (exact) mass is 413 g/mol. The molecular formula is C23H29N2O5+. The third-order valence-electron chi connectivity index (χ3n) is 4.27. The number of ether oxygens (including phenoxy) is 2. The van der Waals surface area contributed by atoms with Crippen LogP contribution in [0.1, 0.15) is 43.6 Å². The van der Waals surface area contributed by atoms with E-state index in [1.165, 1.54) is 0 Å². The van der Waals surface area contributed by atoms with E-state index in [-0.39, 0.29) is 29.2 Å². The zero-order valence-corrected chi connectivity index (χ0v) is 18.1. The first-order chi connectivity index (χ1) is 14.2. The predicted octanol–water partition coefficient (Wildman–Crippen LogP) is 2.61. The number of amides is 1. The Bertz CT molecular complexity index is 922. The van der Waals surface area contributed by atoms with Crippen LogP contribution in [0.5, 0.6) is 11.5 Å². The number of carbonyl (C=O) groups is 3. The summed E-state index contributed by atoms with van der Waals surface area (Å²) in [5.74, 6) is -1.23. The molecule has 160 valence electrons. The van der Waals surface area contributed by atoms with E-state index in [2.05, 4.69) is 5.32 Å². The van der Waals surface area contributed by atoms with E-state index in [1.807, 2.05) is 13.2 Å². The summed E-state index contributed by atoms with van der Waals surface area (Å²) in [6.07, 6.45) is 4.12. The van der Waals surface area contributed by atoms with Gasteiger partial charge in [-0.05, 0) is 30.2 Å². The van der Waals surface area contributed by atoms with Gasteiger partial charge >= 0.3 is 11.9 Å². The van der Waals surface area contributed by atoms with Gasteiger partial charge < -0.3 is 14.8 Å². The van der Waals surface area contributed by atoms with E-state index < -0.39 is 11.9 Å². The van der Waals surface area contributed by atoms with E-state index in [0.29, 0.717) is 18.5 Å². The molecule has 0 aliphatic rings. The molecule has 1 aromatic carbocycles. The first-order valence-corrected chi connectivity index (χ1v) is 9.97. The van der Waals surface area contributed by atoms with Crippen molar-refractivity contribution in [3.63, 3.8) is 0 Å². The van der Waals surface area contributed by atoms with Crippen LogP contribution in [-0.4, -0.2) is 24.4 Å². The van der Waals surface area contributed by atoms with Gasteiger partial charge in [-0.15, -0.1) is 0 Å². The Balaban J connectivity index is 2.09. The first kappa shape index (κ1) is 23.1. The SMILES string of the molecule is CC(C)C(=O)Oc1ccc(CCNC(=O)c2ccc[n+](C)c2)cc1OC(=O)C(C)C. The maximum Gasteiger partial charge on any atom is 0.313 e. The van der Waals surface area contributed by atoms with Gasteiger partial charge in [-0.25, -0.2) is 4.57 Å². The molecule has 0 saturated heterocycles. The highest BCUT2D eigenvalue weighted by Crippen LogP contribution is 2.30. The second-order valence-electron chi connectivity index (χ2n) is 7.70. The van der Waals surface area contributed by atoms with Crippen molar-refractivity contribution in [2.45, 2.75) is 34.1 Å². The third kappa shape index (κ3) is 6.69. The lowest BCUT2D eigenvalue weighted by Gasteiger charge is -2.14. The maximum absolute atomic E-state index is 12.3. The number of pyridine rings is 1. The minimum atomic E-state index is -0.417. The number of aryl methyl sites for hydroxylation is 1. The summed E-state index contributed by atoms with van der Waals surface area (Å²) in [6, 6.07) is 8.61. The van der Waals surface area contributed by atoms with Gasteiger partial charge in [-0.3, -0.25) is 14.4 Å². The summed E-state index contributed by atoms with van der Waals surface area (Å²) in [6.45, 7) is 7.31. The minimum Gasteiger partial charge on any atom is -0.422 e. The van der Waals surface area contributed by atoms with Crippen LogP contribution >= 0.6 is 0 Å². The number of nitrogens with one attached hydrogen (secondary N) is 1. The van der Waals surface area contributed by atoms with Gasteiger partial charge in [-0.2, -0.15) is 0 Å². The summed E-state index contributed by atoms with van der Waals surface area (Å²) in [5, 5.41) is 2.87. The molecule has 0 radical (unpaired) electrons. The summed E-state index contributed by atoms with van der Waals surface area (Å²) < 4.78 is 12.6. The summed E-state index contributed by atoms with van der Waals surface area (Å²) in [7, 11) is 1.85. The van der Waals surface area contributed by atoms with Crippen LogP contribution in [0.25, 0.3) is 0 Å². The Morgan fingerprint density at radius 3 is 2.20 bits per heavy atom. The van der Waals surface area contributed by atoms with Crippen LogP contribution < -0.4 is 19.4 Å². The van der Waals surface area contributed by atoms with Crippen LogP contribution in [0.3, 0.4) is 0 Å². The normalized spacial score (nSPS) is 10.8. The fourth-order valence-corrected chi connectivity index (χ4v) is 2.47. The standard InChI is InChI=1S/C23H28N2O5/c1-15(2)22(27)29-19-9-8-17(13-20(19)30-23(28)16(3)4)10-11-24-21(26)18-7-6-12-25(5)14-18/h6-9,12-16H,10-11H2,1-5H3/p+1. The van der Waals surface area contributed by atoms with E-state index in [1.54, 1.807) is 68.8 Å². The summed E-state index contributed by atoms with van der Waals surface area (Å²) >= 11 is 0. The van der Waals surface area contributed by atoms with Crippen molar-refractivity contribution in [2.75, 3.05) is 6.54 Å². The van der Waals surface area contributed by atoms with Crippen LogP contribution in [0.15, 0.2) is 42.7 Å². The van der Waals surface area contributed by atoms with Gasteiger partial charge in [0.05, 0.1) is 11.8 Å². The van der Waals surface area contributed by atoms with E-state index in [9.17, 15) is 14.4 Å². The van der Waals surface area contributed by atoms with Gasteiger partial charge in [0.25, 0.3) is 5.91 Å². The van der Waals surface area contributed by atoms with Gasteiger partial charge in [0.1, 0.15) is 12.6 Å². The number of benzene rings is 1. The number of esters is 2. The van der Waals surface area contributed by atoms with E-state index >= 15 is 0 Å². The topological polar surface area (TPSA) is 85.6 Å². The Labute approximate surface area is 177 Å². The van der Waals surface area contributed by atoms with Crippen molar-refractivity contribution < 1.29 is 28.4 Å². The molecule has 0 bridgehead atoms. The van der Waals surface area contributed by atoms with E-state index in [4.69, 9.17) is 9.47 Å². The Hall–Kier alpha value is -3.22. The lowest BCUT2D eigenvalue weighted by atomic mass is 10.1. The van der Waals surface area contributed by atoms with E-state index in [0.717, 1.165) is 5.56 Å². The molecular weight excluding hydrogens is 384 g/mol. The molecule has 2 rings (SSSR count). The zero-order valence-electron chi connectivity index (χ0n) is 18.1. The smallest absolute Gasteiger partial charge is 0.313 e. The lowest BCUT2D eigenvalue weighted by molar-refractivity contribution is -0.671. The second-order valence-corrected chi connectivity index (χ2v) is 7.70. The van der Waals surface area contributed by atoms with Gasteiger partial charge in [-0.1, -0.05) is 33.8 Å². The average molecular weight is 413 g/mol. The molecule has 2 aromatic rings. The number of hydrogen-bond acceptors (Lipinski definition) is 5. The van der Waals surface area contributed by atoms with Gasteiger partial charge in [0.15, 0.2) is 23.9 Å². The number of rotatable bonds is 8. The van der Waals surface area contributed by atoms with Crippen LogP contribution in [0.4, 0.5) is 0 Å². The van der Waals surface area contributed by atoms with Crippen molar-refractivity contribution in [3.8, 4) is 11.5 Å². The maximum atomic E-state index is 12.3. The summed E-state index contributed by atoms with van der Waals surface area (Å²) in [5.41, 5.74) is 1.41. The fourth-order valence-electron chi connectivity index (χ4n) is 2.47. The van der Waals surface area contributed by atoms with Crippen molar-refractivity contribution in [1.29, 1.82) is 0 Å². The molecule has 0 atom stereocenters. The van der Waals surface area contributed by atoms with Crippen molar-refractivity contribution in [2.24, 2.45) is 18.9 Å². The van der Waals surface area contributed by atoms with Crippen LogP contribution in [0, 0.1) is 11.8 Å². The molecule has 0 unspecified atom stereocenters. The first-order valence-electron chi connectivity index (χ1n) is 9.97. The molecule has 0 aliphatic carbocycles. The molecule has 7 nitrogen and oxygen atoms in total. The molecule has 7 heteroatoms. The van der Waals surface area contributed by atoms with Crippen LogP contribution in [0.2, 0.25) is 0 Å². The van der Waals surface area contributed by atoms with Gasteiger partial charge in [0, 0.05) is 12.6 Å². The van der Waals surface area contributed by atoms with Crippen molar-refractivity contribution >= 4 is 17.8 Å². The number of carbonyl (C=O) groups excluding carboxylic acids is 3. The van der Waals surface area contributed by atoms with Crippen LogP contribution in [-0.2, 0) is 23.1 Å². The van der Waals surface area contributed by atoms with Gasteiger partial charge in [0.2, 0.25) is 0 Å². The molecule has 0 aliphatic heterocycles. The summed E-state index contributed by atoms with van der Waals surface area (Å²) in [4.78, 5) is 36.3. The molecule has 1 N–H and O–H groups in total. The Kier molecular flexibility index (Phi) is 8.09. The molecule has 0 saturated carbocycles. The predicted molar refractivity (Wildman–Crippen MR) is 111 cm³/mol. The highest BCUT2D eigenvalue weighted by atomic mass is 16.6. The molecule has 1 amide bonds. The average Bonchev–Trinajstić information content (AvgIpc) is 2.69. The van der Waals surface area contributed by atoms with Crippen molar-refractivity contribution in [3.05, 3.63) is 53.9 Å². The number of nitrogens with zero attached hydrogens (tertiary/aromatic N) is 1. The molecule has 30 heavy (non-hydrogen) atoms. The molecule has 1 aromatic heterocycles. The number of aromatic nitrogens is 1. The fraction of sp³-hybridized carbons (Fsp3) is 0.391. The minimum absolute atomic E-state index is 0.167. The quantitative estimate of drug-likeness (QED) is 0.408. The zero-order chi connectivity index (χ0) is 22.3. The van der Waals surface area contributed by atoms with Crippen molar-refractivity contribution in [1.82, 2.24) is 5.32 Å². The molecule has 1 heterocycles. The molecule has 0 fully saturated rings. The third-order valence-corrected chi connectivity index (χ3v) is 4.27.